The topological polar surface area (TPSA) is 195 Å². The Bertz CT molecular complexity index is 1980. The van der Waals surface area contributed by atoms with Crippen molar-refractivity contribution in [3.05, 3.63) is 84.4 Å². The fourth-order valence-electron chi connectivity index (χ4n) is 6.52. The van der Waals surface area contributed by atoms with E-state index in [2.05, 4.69) is 5.32 Å². The number of alkyl carbamates (subject to hydrolysis) is 1. The van der Waals surface area contributed by atoms with Gasteiger partial charge >= 0.3 is 19.7 Å². The lowest BCUT2D eigenvalue weighted by atomic mass is 9.95. The first-order chi connectivity index (χ1) is 28.0. The summed E-state index contributed by atoms with van der Waals surface area (Å²) in [4.78, 5) is 25.7. The van der Waals surface area contributed by atoms with Crippen LogP contribution in [0.15, 0.2) is 83.8 Å². The molecule has 6 atom stereocenters. The van der Waals surface area contributed by atoms with Crippen LogP contribution < -0.4 is 19.3 Å². The Hall–Kier alpha value is -4.22. The van der Waals surface area contributed by atoms with Gasteiger partial charge in [0.05, 0.1) is 62.4 Å². The van der Waals surface area contributed by atoms with Gasteiger partial charge < -0.3 is 43.4 Å². The zero-order valence-electron chi connectivity index (χ0n) is 34.2. The Labute approximate surface area is 345 Å². The molecule has 2 heterocycles. The normalized spacial score (nSPS) is 20.0. The van der Waals surface area contributed by atoms with Crippen molar-refractivity contribution in [3.8, 4) is 17.2 Å². The van der Waals surface area contributed by atoms with Gasteiger partial charge in [0, 0.05) is 13.1 Å². The Balaban J connectivity index is 1.32. The molecule has 324 valence electrons. The van der Waals surface area contributed by atoms with Crippen LogP contribution in [0.2, 0.25) is 0 Å². The minimum absolute atomic E-state index is 0.0246. The fraction of sp³-hybridized carbons (Fsp3) is 0.512. The summed E-state index contributed by atoms with van der Waals surface area (Å²) in [6, 6.07) is 20.0. The van der Waals surface area contributed by atoms with Crippen LogP contribution in [0, 0.1) is 17.3 Å². The van der Waals surface area contributed by atoms with Gasteiger partial charge in [-0.1, -0.05) is 44.2 Å². The van der Waals surface area contributed by atoms with Crippen LogP contribution in [0.3, 0.4) is 0 Å². The predicted octanol–water partition coefficient (Wildman–Crippen LogP) is 5.63. The first-order valence-electron chi connectivity index (χ1n) is 19.3. The molecule has 3 aromatic rings. The van der Waals surface area contributed by atoms with E-state index in [1.807, 2.05) is 13.8 Å². The second-order valence-corrected chi connectivity index (χ2v) is 19.3. The number of rotatable bonds is 21. The molecule has 2 fully saturated rings. The third-order valence-corrected chi connectivity index (χ3v) is 13.1. The molecule has 0 saturated carbocycles. The quantitative estimate of drug-likeness (QED) is 0.0989. The lowest BCUT2D eigenvalue weighted by Crippen LogP contribution is -2.51. The molecule has 5 rings (SSSR count). The molecule has 1 unspecified atom stereocenters. The second-order valence-electron chi connectivity index (χ2n) is 15.5. The average molecular weight is 863 g/mol. The number of sulfonamides is 1. The molecular weight excluding hydrogens is 807 g/mol. The number of hydrogen-bond donors (Lipinski definition) is 2. The van der Waals surface area contributed by atoms with Crippen molar-refractivity contribution < 1.29 is 65.1 Å². The summed E-state index contributed by atoms with van der Waals surface area (Å²) in [7, 11) is -5.35. The van der Waals surface area contributed by atoms with E-state index < -0.39 is 66.0 Å². The van der Waals surface area contributed by atoms with E-state index in [0.717, 1.165) is 0 Å². The van der Waals surface area contributed by atoms with E-state index in [0.29, 0.717) is 30.1 Å². The van der Waals surface area contributed by atoms with Crippen LogP contribution in [0.25, 0.3) is 0 Å². The molecule has 59 heavy (non-hydrogen) atoms. The molecule has 2 N–H and O–H groups in total. The Morgan fingerprint density at radius 1 is 0.949 bits per heavy atom. The Morgan fingerprint density at radius 2 is 1.63 bits per heavy atom. The molecule has 0 bridgehead atoms. The Morgan fingerprint density at radius 3 is 2.27 bits per heavy atom. The van der Waals surface area contributed by atoms with Gasteiger partial charge in [0.1, 0.15) is 23.4 Å². The summed E-state index contributed by atoms with van der Waals surface area (Å²) in [5.41, 5.74) is -0.485. The molecule has 16 nitrogen and oxygen atoms in total. The highest BCUT2D eigenvalue weighted by Crippen LogP contribution is 2.49. The first-order valence-corrected chi connectivity index (χ1v) is 22.5. The van der Waals surface area contributed by atoms with Crippen molar-refractivity contribution in [1.29, 1.82) is 0 Å². The van der Waals surface area contributed by atoms with Crippen LogP contribution in [0.5, 0.6) is 17.2 Å². The maximum Gasteiger partial charge on any atom is 0.416 e. The number of para-hydroxylation sites is 1. The molecule has 0 radical (unpaired) electrons. The number of nitrogens with zero attached hydrogens (tertiary/aromatic N) is 1. The van der Waals surface area contributed by atoms with Crippen LogP contribution in [-0.2, 0) is 49.3 Å². The zero-order chi connectivity index (χ0) is 42.8. The lowest BCUT2D eigenvalue weighted by Gasteiger charge is -2.31. The number of carbonyl (C=O) groups excluding carboxylic acids is 2. The molecular formula is C41H55N2O14PS. The summed E-state index contributed by atoms with van der Waals surface area (Å²) < 4.78 is 87.4. The van der Waals surface area contributed by atoms with Gasteiger partial charge in [0.25, 0.3) is 0 Å². The van der Waals surface area contributed by atoms with Gasteiger partial charge in [-0.05, 0) is 86.7 Å². The summed E-state index contributed by atoms with van der Waals surface area (Å²) in [6.45, 7) is 7.05. The number of carbonyl (C=O) groups is 2. The summed E-state index contributed by atoms with van der Waals surface area (Å²) in [5, 5.41) is 14.5. The van der Waals surface area contributed by atoms with Gasteiger partial charge in [0.2, 0.25) is 16.4 Å². The predicted molar refractivity (Wildman–Crippen MR) is 216 cm³/mol. The van der Waals surface area contributed by atoms with E-state index in [-0.39, 0.29) is 55.2 Å². The maximum absolute atomic E-state index is 14.0. The first kappa shape index (κ1) is 45.9. The highest BCUT2D eigenvalue weighted by atomic mass is 32.2. The number of fused-ring (bicyclic) bond motifs is 1. The lowest BCUT2D eigenvalue weighted by molar-refractivity contribution is -0.152. The molecule has 2 saturated heterocycles. The van der Waals surface area contributed by atoms with Gasteiger partial charge in [-0.15, -0.1) is 0 Å². The van der Waals surface area contributed by atoms with Crippen LogP contribution >= 0.6 is 7.60 Å². The standard InChI is InChI=1S/C41H55N2O14PS/c1-28(2)23-43(59(48,49)33-18-16-30(50-5)17-19-33)24-36(44)35(42-40(46)56-37-25-53-38-34(37)20-21-52-38)22-29-12-14-31(15-13-29)54-27-58(47,57-32-10-8-7-9-11-32)55-26-41(3,4)39(45)51-6/h7-19,28,34-38,44H,20-27H2,1-6H3,(H,42,46)/t34-,35-,36+,37-,38+,58?/m0/s1. The smallest absolute Gasteiger partial charge is 0.416 e. The van der Waals surface area contributed by atoms with Crippen molar-refractivity contribution in [2.24, 2.45) is 17.3 Å². The van der Waals surface area contributed by atoms with Gasteiger partial charge in [-0.25, -0.2) is 17.8 Å². The van der Waals surface area contributed by atoms with Gasteiger partial charge in [-0.2, -0.15) is 4.31 Å². The summed E-state index contributed by atoms with van der Waals surface area (Å²) >= 11 is 0. The molecule has 2 aliphatic rings. The number of aliphatic hydroxyl groups is 1. The molecule has 0 aliphatic carbocycles. The van der Waals surface area contributed by atoms with Crippen molar-refractivity contribution in [1.82, 2.24) is 9.62 Å². The third-order valence-electron chi connectivity index (χ3n) is 9.78. The number of methoxy groups -OCH3 is 2. The number of esters is 1. The monoisotopic (exact) mass is 862 g/mol. The zero-order valence-corrected chi connectivity index (χ0v) is 35.9. The molecule has 0 aromatic heterocycles. The third kappa shape index (κ3) is 12.6. The number of amides is 1. The largest absolute Gasteiger partial charge is 0.497 e. The number of hydrogen-bond acceptors (Lipinski definition) is 14. The van der Waals surface area contributed by atoms with Crippen molar-refractivity contribution in [3.63, 3.8) is 0 Å². The number of ether oxygens (including phenoxy) is 6. The number of nitrogens with one attached hydrogen (secondary N) is 1. The summed E-state index contributed by atoms with van der Waals surface area (Å²) in [6.07, 6.45) is -2.96. The van der Waals surface area contributed by atoms with E-state index in [9.17, 15) is 27.7 Å². The van der Waals surface area contributed by atoms with E-state index in [1.165, 1.54) is 30.7 Å². The molecule has 1 amide bonds. The van der Waals surface area contributed by atoms with Crippen molar-refractivity contribution in [2.75, 3.05) is 53.5 Å². The van der Waals surface area contributed by atoms with E-state index in [4.69, 9.17) is 37.5 Å². The summed E-state index contributed by atoms with van der Waals surface area (Å²) in [5.74, 6) is 0.301. The van der Waals surface area contributed by atoms with Crippen LogP contribution in [-0.4, -0.2) is 108 Å². The average Bonchev–Trinajstić information content (AvgIpc) is 3.84. The van der Waals surface area contributed by atoms with Gasteiger partial charge in [0.15, 0.2) is 6.29 Å². The van der Waals surface area contributed by atoms with E-state index in [1.54, 1.807) is 80.6 Å². The van der Waals surface area contributed by atoms with Crippen molar-refractivity contribution >= 4 is 29.7 Å². The second kappa shape index (κ2) is 20.4. The minimum Gasteiger partial charge on any atom is -0.497 e. The van der Waals surface area contributed by atoms with E-state index >= 15 is 0 Å². The minimum atomic E-state index is -4.08. The molecule has 2 aliphatic heterocycles. The fourth-order valence-corrected chi connectivity index (χ4v) is 9.59. The van der Waals surface area contributed by atoms with Crippen molar-refractivity contribution in [2.45, 2.75) is 70.0 Å². The maximum atomic E-state index is 14.0. The van der Waals surface area contributed by atoms with Gasteiger partial charge in [-0.3, -0.25) is 9.32 Å². The molecule has 18 heteroatoms. The van der Waals surface area contributed by atoms with Crippen LogP contribution in [0.1, 0.15) is 39.7 Å². The highest BCUT2D eigenvalue weighted by Gasteiger charge is 2.44. The molecule has 3 aromatic carbocycles. The Kier molecular flexibility index (Phi) is 15.8. The highest BCUT2D eigenvalue weighted by molar-refractivity contribution is 7.89. The molecule has 0 spiro atoms. The SMILES string of the molecule is COC(=O)C(C)(C)COP(=O)(COc1ccc(C[C@H](NC(=O)O[C@H]2CO[C@H]3OCC[C@H]32)[C@H](O)CN(CC(C)C)S(=O)(=O)c2ccc(OC)cc2)cc1)Oc1ccccc1. The number of aliphatic hydroxyl groups excluding tert-OH is 1. The van der Waals surface area contributed by atoms with Crippen LogP contribution in [0.4, 0.5) is 4.79 Å². The number of benzene rings is 3.